The fourth-order valence-electron chi connectivity index (χ4n) is 3.45. The van der Waals surface area contributed by atoms with Gasteiger partial charge in [0, 0.05) is 0 Å². The Labute approximate surface area is 126 Å². The van der Waals surface area contributed by atoms with Crippen LogP contribution in [0.5, 0.6) is 0 Å². The number of hydrogen-bond acceptors (Lipinski definition) is 2. The van der Waals surface area contributed by atoms with Crippen molar-refractivity contribution in [3.63, 3.8) is 0 Å². The van der Waals surface area contributed by atoms with Crippen LogP contribution >= 0.6 is 15.2 Å². The Hall–Kier alpha value is 0.300. The molecule has 2 saturated carbocycles. The Bertz CT molecular complexity index is 340. The predicted molar refractivity (Wildman–Crippen MR) is 82.1 cm³/mol. The van der Waals surface area contributed by atoms with Crippen LogP contribution in [0.4, 0.5) is 0 Å². The first-order valence-electron chi connectivity index (χ1n) is 7.76. The van der Waals surface area contributed by atoms with Crippen molar-refractivity contribution in [2.45, 2.75) is 64.2 Å². The molecule has 2 rings (SSSR count). The fraction of sp³-hybridized carbons (Fsp3) is 1.00. The van der Waals surface area contributed by atoms with E-state index in [1.54, 1.807) is 25.7 Å². The van der Waals surface area contributed by atoms with Crippen molar-refractivity contribution < 1.29 is 28.7 Å². The van der Waals surface area contributed by atoms with E-state index in [0.29, 0.717) is 0 Å². The van der Waals surface area contributed by atoms with Crippen LogP contribution in [-0.4, -0.2) is 25.5 Å². The van der Waals surface area contributed by atoms with Crippen LogP contribution in [0.1, 0.15) is 64.2 Å². The maximum atomic E-state index is 9.85. The Balaban J connectivity index is 0.000000222. The fourth-order valence-corrected chi connectivity index (χ4v) is 5.37. The summed E-state index contributed by atoms with van der Waals surface area (Å²) in [6.07, 6.45) is 15.4. The summed E-state index contributed by atoms with van der Waals surface area (Å²) in [5, 5.41) is 0. The molecule has 2 aliphatic carbocycles. The molecule has 0 aromatic rings. The van der Waals surface area contributed by atoms with Crippen molar-refractivity contribution in [3.05, 3.63) is 0 Å². The normalized spacial score (nSPS) is 22.5. The second kappa shape index (κ2) is 8.81. The molecular weight excluding hydrogens is 314 g/mol. The third-order valence-corrected chi connectivity index (χ3v) is 7.28. The third-order valence-electron chi connectivity index (χ3n) is 4.33. The summed E-state index contributed by atoms with van der Waals surface area (Å²) in [7, 11) is -9.10. The van der Waals surface area contributed by atoms with Crippen molar-refractivity contribution in [3.8, 4) is 0 Å². The summed E-state index contributed by atoms with van der Waals surface area (Å²) in [6.45, 7) is 0. The molecule has 0 aliphatic heterocycles. The minimum Gasteiger partial charge on any atom is -0.324 e. The van der Waals surface area contributed by atoms with Gasteiger partial charge < -0.3 is 19.6 Å². The SMILES string of the molecule is C1CCC(C2CCCCC2)CC1.O=P(O)(O)CP(=O)(O)O. The highest BCUT2D eigenvalue weighted by molar-refractivity contribution is 7.69. The maximum absolute atomic E-state index is 9.85. The van der Waals surface area contributed by atoms with Crippen LogP contribution in [0, 0.1) is 11.8 Å². The second-order valence-corrected chi connectivity index (χ2v) is 10.1. The van der Waals surface area contributed by atoms with Crippen molar-refractivity contribution in [2.75, 3.05) is 5.90 Å². The smallest absolute Gasteiger partial charge is 0.324 e. The van der Waals surface area contributed by atoms with Gasteiger partial charge in [-0.3, -0.25) is 9.13 Å². The second-order valence-electron chi connectivity index (χ2n) is 6.27. The van der Waals surface area contributed by atoms with Crippen molar-refractivity contribution in [2.24, 2.45) is 11.8 Å². The average Bonchev–Trinajstić information content (AvgIpc) is 2.37. The van der Waals surface area contributed by atoms with Crippen LogP contribution in [0.2, 0.25) is 0 Å². The largest absolute Gasteiger partial charge is 0.337 e. The lowest BCUT2D eigenvalue weighted by molar-refractivity contribution is 0.196. The monoisotopic (exact) mass is 342 g/mol. The van der Waals surface area contributed by atoms with Crippen molar-refractivity contribution in [1.82, 2.24) is 0 Å². The molecule has 21 heavy (non-hydrogen) atoms. The molecule has 0 saturated heterocycles. The molecule has 0 bridgehead atoms. The van der Waals surface area contributed by atoms with Crippen LogP contribution in [0.25, 0.3) is 0 Å². The molecule has 0 heterocycles. The summed E-state index contributed by atoms with van der Waals surface area (Å²) in [5.74, 6) is 0.901. The summed E-state index contributed by atoms with van der Waals surface area (Å²) in [6, 6.07) is 0. The molecular formula is C13H28O6P2. The molecule has 0 atom stereocenters. The van der Waals surface area contributed by atoms with Crippen molar-refractivity contribution >= 4 is 15.2 Å². The van der Waals surface area contributed by atoms with Gasteiger partial charge in [-0.2, -0.15) is 0 Å². The van der Waals surface area contributed by atoms with Gasteiger partial charge in [0.05, 0.1) is 0 Å². The predicted octanol–water partition coefficient (Wildman–Crippen LogP) is 3.45. The van der Waals surface area contributed by atoms with Gasteiger partial charge in [-0.05, 0) is 11.8 Å². The van der Waals surface area contributed by atoms with Gasteiger partial charge in [0.15, 0.2) is 5.90 Å². The van der Waals surface area contributed by atoms with Gasteiger partial charge in [-0.15, -0.1) is 0 Å². The van der Waals surface area contributed by atoms with Gasteiger partial charge in [0.1, 0.15) is 0 Å². The molecule has 4 N–H and O–H groups in total. The molecule has 2 aliphatic rings. The Morgan fingerprint density at radius 3 is 1.10 bits per heavy atom. The molecule has 0 amide bonds. The van der Waals surface area contributed by atoms with Crippen LogP contribution in [-0.2, 0) is 9.13 Å². The van der Waals surface area contributed by atoms with E-state index < -0.39 is 21.1 Å². The standard InChI is InChI=1S/C12H22.CH6O6P2/c1-3-7-11(8-4-1)12-9-5-2-6-10-12;2-8(3,4)1-9(5,6)7/h11-12H,1-10H2;1H2,(H2,2,3,4)(H2,5,6,7). The topological polar surface area (TPSA) is 115 Å². The van der Waals surface area contributed by atoms with Gasteiger partial charge >= 0.3 is 15.2 Å². The molecule has 0 radical (unpaired) electrons. The maximum Gasteiger partial charge on any atom is 0.337 e. The molecule has 0 aromatic heterocycles. The number of rotatable bonds is 3. The molecule has 0 aromatic carbocycles. The van der Waals surface area contributed by atoms with E-state index in [4.69, 9.17) is 19.6 Å². The molecule has 0 spiro atoms. The first kappa shape index (κ1) is 19.3. The molecule has 8 heteroatoms. The van der Waals surface area contributed by atoms with E-state index >= 15 is 0 Å². The third kappa shape index (κ3) is 9.83. The molecule has 6 nitrogen and oxygen atoms in total. The quantitative estimate of drug-likeness (QED) is 0.584. The van der Waals surface area contributed by atoms with E-state index in [-0.39, 0.29) is 0 Å². The highest BCUT2D eigenvalue weighted by atomic mass is 31.2. The zero-order chi connectivity index (χ0) is 15.9. The summed E-state index contributed by atoms with van der Waals surface area (Å²) >= 11 is 0. The van der Waals surface area contributed by atoms with Crippen LogP contribution < -0.4 is 0 Å². The summed E-state index contributed by atoms with van der Waals surface area (Å²) in [5.41, 5.74) is 0. The molecule has 126 valence electrons. The van der Waals surface area contributed by atoms with Gasteiger partial charge in [0.2, 0.25) is 0 Å². The lowest BCUT2D eigenvalue weighted by atomic mass is 9.73. The Kier molecular flexibility index (Phi) is 8.11. The van der Waals surface area contributed by atoms with Crippen LogP contribution in [0.15, 0.2) is 0 Å². The summed E-state index contributed by atoms with van der Waals surface area (Å²) in [4.78, 5) is 31.9. The van der Waals surface area contributed by atoms with E-state index in [2.05, 4.69) is 0 Å². The number of hydrogen-bond donors (Lipinski definition) is 4. The highest BCUT2D eigenvalue weighted by Crippen LogP contribution is 2.51. The van der Waals surface area contributed by atoms with E-state index in [1.807, 2.05) is 0 Å². The lowest BCUT2D eigenvalue weighted by Crippen LogP contribution is -2.20. The summed E-state index contributed by atoms with van der Waals surface area (Å²) < 4.78 is 19.7. The zero-order valence-electron chi connectivity index (χ0n) is 12.4. The first-order chi connectivity index (χ1) is 9.67. The first-order valence-corrected chi connectivity index (χ1v) is 11.4. The van der Waals surface area contributed by atoms with E-state index in [0.717, 1.165) is 11.8 Å². The zero-order valence-corrected chi connectivity index (χ0v) is 14.2. The lowest BCUT2D eigenvalue weighted by Gasteiger charge is -2.32. The highest BCUT2D eigenvalue weighted by Gasteiger charge is 2.27. The Morgan fingerprint density at radius 1 is 0.619 bits per heavy atom. The van der Waals surface area contributed by atoms with Gasteiger partial charge in [-0.1, -0.05) is 64.2 Å². The van der Waals surface area contributed by atoms with E-state index in [9.17, 15) is 9.13 Å². The van der Waals surface area contributed by atoms with Gasteiger partial charge in [0.25, 0.3) is 0 Å². The van der Waals surface area contributed by atoms with Crippen molar-refractivity contribution in [1.29, 1.82) is 0 Å². The minimum atomic E-state index is -4.55. The Morgan fingerprint density at radius 2 is 0.905 bits per heavy atom. The molecule has 0 unspecified atom stereocenters. The minimum absolute atomic E-state index is 1.14. The average molecular weight is 342 g/mol. The van der Waals surface area contributed by atoms with Gasteiger partial charge in [-0.25, -0.2) is 0 Å². The molecule has 2 fully saturated rings. The van der Waals surface area contributed by atoms with E-state index in [1.165, 1.54) is 38.5 Å². The van der Waals surface area contributed by atoms with Crippen LogP contribution in [0.3, 0.4) is 0 Å².